The minimum absolute atomic E-state index is 0.118. The van der Waals surface area contributed by atoms with Crippen molar-refractivity contribution >= 4 is 11.7 Å². The molecule has 2 heterocycles. The first-order chi connectivity index (χ1) is 14.6. The van der Waals surface area contributed by atoms with Gasteiger partial charge in [-0.1, -0.05) is 12.1 Å². The van der Waals surface area contributed by atoms with Crippen LogP contribution in [0.25, 0.3) is 0 Å². The summed E-state index contributed by atoms with van der Waals surface area (Å²) in [5.41, 5.74) is 7.83. The van der Waals surface area contributed by atoms with Crippen LogP contribution in [-0.4, -0.2) is 23.3 Å². The van der Waals surface area contributed by atoms with E-state index in [0.717, 1.165) is 11.1 Å². The SMILES string of the molecule is N#Cc1cc(O[C@H](c2ccncc2)c2ccc(C(N)=O)cc2)cc2c1C(=O)CCO2. The standard InChI is InChI=1S/C23H17N3O4/c24-13-17-11-18(12-20-21(17)19(27)7-10-29-20)30-22(15-5-8-26-9-6-15)14-1-3-16(4-2-14)23(25)28/h1-6,8-9,11-12,22H,7,10H2,(H2,25,28)/t22-/m0/s1. The van der Waals surface area contributed by atoms with Gasteiger partial charge in [-0.25, -0.2) is 0 Å². The van der Waals surface area contributed by atoms with Crippen molar-refractivity contribution in [1.82, 2.24) is 4.98 Å². The van der Waals surface area contributed by atoms with Gasteiger partial charge in [0.2, 0.25) is 5.91 Å². The molecule has 148 valence electrons. The van der Waals surface area contributed by atoms with Crippen LogP contribution >= 0.6 is 0 Å². The van der Waals surface area contributed by atoms with Crippen molar-refractivity contribution in [3.8, 4) is 17.6 Å². The summed E-state index contributed by atoms with van der Waals surface area (Å²) in [6.45, 7) is 0.266. The number of amides is 1. The second-order valence-corrected chi connectivity index (χ2v) is 6.74. The number of hydrogen-bond acceptors (Lipinski definition) is 6. The zero-order valence-electron chi connectivity index (χ0n) is 15.9. The minimum Gasteiger partial charge on any atom is -0.492 e. The fourth-order valence-corrected chi connectivity index (χ4v) is 3.35. The van der Waals surface area contributed by atoms with E-state index in [9.17, 15) is 14.9 Å². The molecule has 1 atom stereocenters. The van der Waals surface area contributed by atoms with Crippen molar-refractivity contribution in [3.63, 3.8) is 0 Å². The fourth-order valence-electron chi connectivity index (χ4n) is 3.35. The molecule has 0 aliphatic carbocycles. The Balaban J connectivity index is 1.75. The number of benzene rings is 2. The summed E-state index contributed by atoms with van der Waals surface area (Å²) in [6.07, 6.45) is 3.00. The zero-order chi connectivity index (χ0) is 21.1. The molecule has 1 aromatic heterocycles. The molecule has 0 bridgehead atoms. The summed E-state index contributed by atoms with van der Waals surface area (Å²) < 4.78 is 11.8. The van der Waals surface area contributed by atoms with E-state index in [1.807, 2.05) is 12.1 Å². The van der Waals surface area contributed by atoms with Crippen molar-refractivity contribution in [2.45, 2.75) is 12.5 Å². The van der Waals surface area contributed by atoms with Crippen LogP contribution in [-0.2, 0) is 0 Å². The smallest absolute Gasteiger partial charge is 0.248 e. The molecule has 2 aromatic carbocycles. The lowest BCUT2D eigenvalue weighted by Crippen LogP contribution is -2.17. The number of carbonyl (C=O) groups excluding carboxylic acids is 2. The van der Waals surface area contributed by atoms with Crippen LogP contribution in [0.5, 0.6) is 11.5 Å². The van der Waals surface area contributed by atoms with Gasteiger partial charge in [-0.2, -0.15) is 5.26 Å². The second kappa shape index (κ2) is 8.05. The molecule has 7 nitrogen and oxygen atoms in total. The number of Topliss-reactive ketones (excluding diaryl/α,β-unsaturated/α-hetero) is 1. The van der Waals surface area contributed by atoms with Gasteiger partial charge in [-0.05, 0) is 41.5 Å². The third-order valence-electron chi connectivity index (χ3n) is 4.82. The third-order valence-corrected chi connectivity index (χ3v) is 4.82. The van der Waals surface area contributed by atoms with E-state index in [4.69, 9.17) is 15.2 Å². The predicted molar refractivity (Wildman–Crippen MR) is 107 cm³/mol. The number of ether oxygens (including phenoxy) is 2. The van der Waals surface area contributed by atoms with E-state index < -0.39 is 12.0 Å². The summed E-state index contributed by atoms with van der Waals surface area (Å²) in [6, 6.07) is 15.6. The Morgan fingerprint density at radius 2 is 1.83 bits per heavy atom. The topological polar surface area (TPSA) is 115 Å². The average Bonchev–Trinajstić information content (AvgIpc) is 2.77. The molecule has 3 aromatic rings. The Bertz CT molecular complexity index is 1150. The number of fused-ring (bicyclic) bond motifs is 1. The van der Waals surface area contributed by atoms with Gasteiger partial charge in [0.1, 0.15) is 23.7 Å². The summed E-state index contributed by atoms with van der Waals surface area (Å²) in [5, 5.41) is 9.52. The first kappa shape index (κ1) is 19.2. The van der Waals surface area contributed by atoms with Crippen molar-refractivity contribution < 1.29 is 19.1 Å². The largest absolute Gasteiger partial charge is 0.492 e. The Morgan fingerprint density at radius 1 is 1.13 bits per heavy atom. The number of nitrogens with two attached hydrogens (primary N) is 1. The second-order valence-electron chi connectivity index (χ2n) is 6.74. The van der Waals surface area contributed by atoms with Gasteiger partial charge in [0, 0.05) is 30.4 Å². The van der Waals surface area contributed by atoms with Crippen molar-refractivity contribution in [3.05, 3.63) is 88.7 Å². The number of pyridine rings is 1. The monoisotopic (exact) mass is 399 g/mol. The number of hydrogen-bond donors (Lipinski definition) is 1. The first-order valence-electron chi connectivity index (χ1n) is 9.27. The van der Waals surface area contributed by atoms with Crippen LogP contribution < -0.4 is 15.2 Å². The van der Waals surface area contributed by atoms with Gasteiger partial charge in [0.15, 0.2) is 5.78 Å². The molecule has 0 fully saturated rings. The Kier molecular flexibility index (Phi) is 5.14. The van der Waals surface area contributed by atoms with E-state index in [-0.39, 0.29) is 24.4 Å². The number of nitrogens with zero attached hydrogens (tertiary/aromatic N) is 2. The van der Waals surface area contributed by atoms with E-state index in [1.54, 1.807) is 42.7 Å². The van der Waals surface area contributed by atoms with Crippen LogP contribution in [0.1, 0.15) is 49.9 Å². The highest BCUT2D eigenvalue weighted by Crippen LogP contribution is 2.36. The molecule has 0 spiro atoms. The number of nitriles is 1. The number of aromatic nitrogens is 1. The van der Waals surface area contributed by atoms with E-state index in [2.05, 4.69) is 11.1 Å². The van der Waals surface area contributed by atoms with Gasteiger partial charge in [-0.15, -0.1) is 0 Å². The molecule has 0 saturated carbocycles. The normalized spacial score (nSPS) is 13.5. The van der Waals surface area contributed by atoms with Crippen molar-refractivity contribution in [2.24, 2.45) is 5.73 Å². The summed E-state index contributed by atoms with van der Waals surface area (Å²) >= 11 is 0. The van der Waals surface area contributed by atoms with Gasteiger partial charge in [-0.3, -0.25) is 14.6 Å². The van der Waals surface area contributed by atoms with Crippen molar-refractivity contribution in [1.29, 1.82) is 5.26 Å². The Morgan fingerprint density at radius 3 is 2.50 bits per heavy atom. The number of carbonyl (C=O) groups is 2. The minimum atomic E-state index is -0.543. The maximum atomic E-state index is 12.2. The Labute approximate surface area is 172 Å². The van der Waals surface area contributed by atoms with Gasteiger partial charge in [0.05, 0.1) is 17.7 Å². The van der Waals surface area contributed by atoms with Gasteiger partial charge in [0.25, 0.3) is 0 Å². The molecule has 0 unspecified atom stereocenters. The van der Waals surface area contributed by atoms with Crippen LogP contribution in [0.4, 0.5) is 0 Å². The molecule has 1 amide bonds. The highest BCUT2D eigenvalue weighted by atomic mass is 16.5. The van der Waals surface area contributed by atoms with Crippen LogP contribution in [0.15, 0.2) is 60.9 Å². The molecule has 1 aliphatic heterocycles. The van der Waals surface area contributed by atoms with E-state index >= 15 is 0 Å². The van der Waals surface area contributed by atoms with E-state index in [1.165, 1.54) is 6.07 Å². The maximum absolute atomic E-state index is 12.2. The average molecular weight is 399 g/mol. The third kappa shape index (κ3) is 3.71. The van der Waals surface area contributed by atoms with Crippen LogP contribution in [0.2, 0.25) is 0 Å². The quantitative estimate of drug-likeness (QED) is 0.704. The predicted octanol–water partition coefficient (Wildman–Crippen LogP) is 3.19. The molecule has 30 heavy (non-hydrogen) atoms. The van der Waals surface area contributed by atoms with Crippen LogP contribution in [0.3, 0.4) is 0 Å². The lowest BCUT2D eigenvalue weighted by molar-refractivity contribution is 0.0931. The zero-order valence-corrected chi connectivity index (χ0v) is 15.9. The molecule has 2 N–H and O–H groups in total. The lowest BCUT2D eigenvalue weighted by Gasteiger charge is -2.23. The summed E-state index contributed by atoms with van der Waals surface area (Å²) in [7, 11) is 0. The lowest BCUT2D eigenvalue weighted by atomic mass is 9.98. The molecule has 1 aliphatic rings. The molecular weight excluding hydrogens is 382 g/mol. The molecule has 4 rings (SSSR count). The highest BCUT2D eigenvalue weighted by molar-refractivity contribution is 6.02. The molecule has 7 heteroatoms. The Hall–Kier alpha value is -4.18. The molecule has 0 radical (unpaired) electrons. The maximum Gasteiger partial charge on any atom is 0.248 e. The number of rotatable bonds is 5. The number of ketones is 1. The number of primary amides is 1. The van der Waals surface area contributed by atoms with Gasteiger partial charge < -0.3 is 15.2 Å². The van der Waals surface area contributed by atoms with Crippen LogP contribution in [0, 0.1) is 11.3 Å². The molecular formula is C23H17N3O4. The molecule has 0 saturated heterocycles. The fraction of sp³-hybridized carbons (Fsp3) is 0.130. The van der Waals surface area contributed by atoms with E-state index in [0.29, 0.717) is 22.6 Å². The van der Waals surface area contributed by atoms with Crippen molar-refractivity contribution in [2.75, 3.05) is 6.61 Å². The van der Waals surface area contributed by atoms with Gasteiger partial charge >= 0.3 is 0 Å². The highest BCUT2D eigenvalue weighted by Gasteiger charge is 2.25. The first-order valence-corrected chi connectivity index (χ1v) is 9.27. The summed E-state index contributed by atoms with van der Waals surface area (Å²) in [4.78, 5) is 27.6. The summed E-state index contributed by atoms with van der Waals surface area (Å²) in [5.74, 6) is 0.101.